The number of halogens is 2. The second-order valence-electron chi connectivity index (χ2n) is 5.13. The van der Waals surface area contributed by atoms with E-state index in [4.69, 9.17) is 22.1 Å². The normalized spacial score (nSPS) is 23.1. The summed E-state index contributed by atoms with van der Waals surface area (Å²) < 4.78 is 19.0. The standard InChI is InChI=1S/C14H18ClFN2O2/c1-20-8-10-6-18(7-11(10)14(17)19)5-9-3-2-4-12(15)13(9)16/h2-4,10-11H,5-8H2,1H3,(H2,17,19)/t10-,11+/m0/s1. The Morgan fingerprint density at radius 1 is 1.55 bits per heavy atom. The number of rotatable bonds is 5. The molecule has 1 aromatic carbocycles. The van der Waals surface area contributed by atoms with Crippen molar-refractivity contribution >= 4 is 17.5 Å². The van der Waals surface area contributed by atoms with E-state index in [1.54, 1.807) is 19.2 Å². The van der Waals surface area contributed by atoms with Crippen molar-refractivity contribution in [3.8, 4) is 0 Å². The Bertz CT molecular complexity index is 498. The molecular weight excluding hydrogens is 283 g/mol. The van der Waals surface area contributed by atoms with Crippen molar-refractivity contribution in [1.29, 1.82) is 0 Å². The third-order valence-corrected chi connectivity index (χ3v) is 3.98. The molecule has 0 aliphatic carbocycles. The van der Waals surface area contributed by atoms with Gasteiger partial charge in [-0.25, -0.2) is 4.39 Å². The molecule has 1 heterocycles. The van der Waals surface area contributed by atoms with Crippen LogP contribution in [0, 0.1) is 17.7 Å². The smallest absolute Gasteiger partial charge is 0.222 e. The average molecular weight is 301 g/mol. The molecule has 1 amide bonds. The summed E-state index contributed by atoms with van der Waals surface area (Å²) in [6.45, 7) is 2.07. The zero-order valence-electron chi connectivity index (χ0n) is 11.3. The molecule has 1 aromatic rings. The lowest BCUT2D eigenvalue weighted by Gasteiger charge is -2.16. The summed E-state index contributed by atoms with van der Waals surface area (Å²) in [5.74, 6) is -0.932. The van der Waals surface area contributed by atoms with E-state index in [2.05, 4.69) is 0 Å². The fourth-order valence-electron chi connectivity index (χ4n) is 2.71. The predicted molar refractivity (Wildman–Crippen MR) is 74.7 cm³/mol. The molecule has 0 bridgehead atoms. The van der Waals surface area contributed by atoms with Crippen LogP contribution in [0.1, 0.15) is 5.56 Å². The van der Waals surface area contributed by atoms with Crippen LogP contribution in [-0.4, -0.2) is 37.6 Å². The van der Waals surface area contributed by atoms with E-state index >= 15 is 0 Å². The van der Waals surface area contributed by atoms with Gasteiger partial charge in [0.25, 0.3) is 0 Å². The number of likely N-dealkylation sites (tertiary alicyclic amines) is 1. The maximum Gasteiger partial charge on any atom is 0.222 e. The van der Waals surface area contributed by atoms with Crippen LogP contribution >= 0.6 is 11.6 Å². The highest BCUT2D eigenvalue weighted by Crippen LogP contribution is 2.26. The van der Waals surface area contributed by atoms with Gasteiger partial charge in [-0.05, 0) is 6.07 Å². The van der Waals surface area contributed by atoms with E-state index < -0.39 is 5.82 Å². The van der Waals surface area contributed by atoms with Crippen LogP contribution in [0.2, 0.25) is 5.02 Å². The number of carbonyl (C=O) groups excluding carboxylic acids is 1. The highest BCUT2D eigenvalue weighted by atomic mass is 35.5. The van der Waals surface area contributed by atoms with Gasteiger partial charge in [0, 0.05) is 38.2 Å². The van der Waals surface area contributed by atoms with Crippen LogP contribution in [-0.2, 0) is 16.1 Å². The molecular formula is C14H18ClFN2O2. The fraction of sp³-hybridized carbons (Fsp3) is 0.500. The minimum atomic E-state index is -0.403. The summed E-state index contributed by atoms with van der Waals surface area (Å²) in [4.78, 5) is 13.5. The summed E-state index contributed by atoms with van der Waals surface area (Å²) >= 11 is 5.77. The lowest BCUT2D eigenvalue weighted by Crippen LogP contribution is -2.31. The molecule has 4 nitrogen and oxygen atoms in total. The van der Waals surface area contributed by atoms with Gasteiger partial charge >= 0.3 is 0 Å². The maximum atomic E-state index is 13.9. The molecule has 1 fully saturated rings. The number of ether oxygens (including phenoxy) is 1. The van der Waals surface area contributed by atoms with Gasteiger partial charge in [-0.15, -0.1) is 0 Å². The first-order chi connectivity index (χ1) is 9.52. The third-order valence-electron chi connectivity index (χ3n) is 3.69. The monoisotopic (exact) mass is 300 g/mol. The van der Waals surface area contributed by atoms with Crippen LogP contribution in [0.4, 0.5) is 4.39 Å². The van der Waals surface area contributed by atoms with Crippen LogP contribution in [0.3, 0.4) is 0 Å². The number of nitrogens with two attached hydrogens (primary N) is 1. The minimum Gasteiger partial charge on any atom is -0.384 e. The highest BCUT2D eigenvalue weighted by Gasteiger charge is 2.36. The molecule has 110 valence electrons. The fourth-order valence-corrected chi connectivity index (χ4v) is 2.90. The van der Waals surface area contributed by atoms with Gasteiger partial charge in [0.15, 0.2) is 0 Å². The van der Waals surface area contributed by atoms with E-state index in [0.29, 0.717) is 31.8 Å². The molecule has 1 saturated heterocycles. The Morgan fingerprint density at radius 3 is 2.95 bits per heavy atom. The van der Waals surface area contributed by atoms with Crippen molar-refractivity contribution in [2.75, 3.05) is 26.8 Å². The van der Waals surface area contributed by atoms with E-state index in [9.17, 15) is 9.18 Å². The van der Waals surface area contributed by atoms with Gasteiger partial charge in [-0.2, -0.15) is 0 Å². The first-order valence-corrected chi connectivity index (χ1v) is 6.84. The molecule has 2 atom stereocenters. The SMILES string of the molecule is COC[C@@H]1CN(Cc2cccc(Cl)c2F)C[C@H]1C(N)=O. The summed E-state index contributed by atoms with van der Waals surface area (Å²) in [5.41, 5.74) is 5.94. The Labute approximate surface area is 122 Å². The molecule has 6 heteroatoms. The summed E-state index contributed by atoms with van der Waals surface area (Å²) in [6.07, 6.45) is 0. The average Bonchev–Trinajstić information content (AvgIpc) is 2.79. The number of amides is 1. The number of hydrogen-bond donors (Lipinski definition) is 1. The first kappa shape index (κ1) is 15.2. The number of primary amides is 1. The van der Waals surface area contributed by atoms with Crippen molar-refractivity contribution in [2.24, 2.45) is 17.6 Å². The van der Waals surface area contributed by atoms with Crippen molar-refractivity contribution in [2.45, 2.75) is 6.54 Å². The predicted octanol–water partition coefficient (Wildman–Crippen LogP) is 1.66. The molecule has 0 saturated carbocycles. The van der Waals surface area contributed by atoms with Crippen molar-refractivity contribution in [3.05, 3.63) is 34.6 Å². The number of hydrogen-bond acceptors (Lipinski definition) is 3. The molecule has 2 N–H and O–H groups in total. The van der Waals surface area contributed by atoms with Crippen LogP contribution in [0.25, 0.3) is 0 Å². The quantitative estimate of drug-likeness (QED) is 0.900. The van der Waals surface area contributed by atoms with Gasteiger partial charge in [0.2, 0.25) is 5.91 Å². The minimum absolute atomic E-state index is 0.0553. The Balaban J connectivity index is 2.07. The third kappa shape index (κ3) is 3.29. The van der Waals surface area contributed by atoms with Gasteiger partial charge < -0.3 is 10.5 Å². The molecule has 0 radical (unpaired) electrons. The van der Waals surface area contributed by atoms with Crippen molar-refractivity contribution in [3.63, 3.8) is 0 Å². The Hall–Kier alpha value is -1.17. The highest BCUT2D eigenvalue weighted by molar-refractivity contribution is 6.30. The van der Waals surface area contributed by atoms with Crippen molar-refractivity contribution in [1.82, 2.24) is 4.90 Å². The number of carbonyl (C=O) groups is 1. The molecule has 20 heavy (non-hydrogen) atoms. The molecule has 1 aliphatic rings. The summed E-state index contributed by atoms with van der Waals surface area (Å²) in [7, 11) is 1.59. The molecule has 2 rings (SSSR count). The lowest BCUT2D eigenvalue weighted by atomic mass is 9.96. The molecule has 0 unspecified atom stereocenters. The lowest BCUT2D eigenvalue weighted by molar-refractivity contribution is -0.123. The van der Waals surface area contributed by atoms with E-state index in [1.165, 1.54) is 6.07 Å². The molecule has 0 spiro atoms. The van der Waals surface area contributed by atoms with Crippen LogP contribution < -0.4 is 5.73 Å². The van der Waals surface area contributed by atoms with Crippen LogP contribution in [0.15, 0.2) is 18.2 Å². The zero-order chi connectivity index (χ0) is 14.7. The Kier molecular flexibility index (Phi) is 4.96. The summed E-state index contributed by atoms with van der Waals surface area (Å²) in [6, 6.07) is 4.93. The van der Waals surface area contributed by atoms with Gasteiger partial charge in [0.05, 0.1) is 17.5 Å². The zero-order valence-corrected chi connectivity index (χ0v) is 12.1. The first-order valence-electron chi connectivity index (χ1n) is 6.46. The van der Waals surface area contributed by atoms with E-state index in [-0.39, 0.29) is 22.8 Å². The second-order valence-corrected chi connectivity index (χ2v) is 5.54. The topological polar surface area (TPSA) is 55.6 Å². The summed E-state index contributed by atoms with van der Waals surface area (Å²) in [5, 5.41) is 0.113. The molecule has 0 aromatic heterocycles. The van der Waals surface area contributed by atoms with Gasteiger partial charge in [-0.1, -0.05) is 23.7 Å². The van der Waals surface area contributed by atoms with Gasteiger partial charge in [0.1, 0.15) is 5.82 Å². The van der Waals surface area contributed by atoms with Crippen molar-refractivity contribution < 1.29 is 13.9 Å². The van der Waals surface area contributed by atoms with E-state index in [1.807, 2.05) is 4.90 Å². The van der Waals surface area contributed by atoms with Crippen LogP contribution in [0.5, 0.6) is 0 Å². The van der Waals surface area contributed by atoms with Gasteiger partial charge in [-0.3, -0.25) is 9.69 Å². The number of methoxy groups -OCH3 is 1. The Morgan fingerprint density at radius 2 is 2.30 bits per heavy atom. The molecule has 1 aliphatic heterocycles. The largest absolute Gasteiger partial charge is 0.384 e. The second kappa shape index (κ2) is 6.52. The number of benzene rings is 1. The number of nitrogens with zero attached hydrogens (tertiary/aromatic N) is 1. The van der Waals surface area contributed by atoms with E-state index in [0.717, 1.165) is 0 Å². The maximum absolute atomic E-state index is 13.9.